The molecule has 0 heterocycles. The predicted octanol–water partition coefficient (Wildman–Crippen LogP) is 11.9. The molecule has 0 saturated heterocycles. The molecule has 0 nitrogen and oxygen atoms in total. The summed E-state index contributed by atoms with van der Waals surface area (Å²) in [5.41, 5.74) is 0. The first kappa shape index (κ1) is 40.3. The van der Waals surface area contributed by atoms with Crippen molar-refractivity contribution in [3.8, 4) is 0 Å². The van der Waals surface area contributed by atoms with Gasteiger partial charge in [-0.25, -0.2) is 0 Å². The maximum atomic E-state index is 2.32. The summed E-state index contributed by atoms with van der Waals surface area (Å²) < 4.78 is 0. The van der Waals surface area contributed by atoms with Crippen molar-refractivity contribution in [3.63, 3.8) is 0 Å². The first-order valence-corrected chi connectivity index (χ1v) is 19.9. The summed E-state index contributed by atoms with van der Waals surface area (Å²) in [5.74, 6) is 0. The SMILES string of the molecule is C1=C\CC/C=C\CC/1.CCCC[PH+](CCCC)CCCC.CCCC[PH+](CCCC)CCCC.[Ni]. The minimum Gasteiger partial charge on any atom is -0.0882 e. The Kier molecular flexibility index (Phi) is 42.6. The van der Waals surface area contributed by atoms with Crippen molar-refractivity contribution in [2.45, 2.75) is 144 Å². The van der Waals surface area contributed by atoms with Crippen molar-refractivity contribution < 1.29 is 16.5 Å². The van der Waals surface area contributed by atoms with Gasteiger partial charge in [-0.15, -0.1) is 0 Å². The molecule has 0 radical (unpaired) electrons. The van der Waals surface area contributed by atoms with Gasteiger partial charge in [0.05, 0.1) is 37.0 Å². The van der Waals surface area contributed by atoms with Crippen LogP contribution in [0.3, 0.4) is 0 Å². The normalized spacial score (nSPS) is 14.6. The molecule has 0 unspecified atom stereocenters. The molecular weight excluding hydrogens is 505 g/mol. The van der Waals surface area contributed by atoms with Crippen molar-refractivity contribution in [2.24, 2.45) is 0 Å². The van der Waals surface area contributed by atoms with Gasteiger partial charge in [-0.05, 0) is 64.2 Å². The molecule has 1 aliphatic rings. The molecule has 0 amide bonds. The Bertz CT molecular complexity index is 320. The molecule has 1 aliphatic carbocycles. The van der Waals surface area contributed by atoms with Crippen LogP contribution in [0.1, 0.15) is 144 Å². The Morgan fingerprint density at radius 3 is 0.686 bits per heavy atom. The monoisotopic (exact) mass is 572 g/mol. The minimum atomic E-state index is 0. The van der Waals surface area contributed by atoms with Gasteiger partial charge in [-0.1, -0.05) is 104 Å². The van der Waals surface area contributed by atoms with E-state index in [4.69, 9.17) is 0 Å². The van der Waals surface area contributed by atoms with E-state index >= 15 is 0 Å². The number of hydrogen-bond acceptors (Lipinski definition) is 0. The van der Waals surface area contributed by atoms with Crippen LogP contribution in [0.25, 0.3) is 0 Å². The van der Waals surface area contributed by atoms with E-state index in [9.17, 15) is 0 Å². The smallest absolute Gasteiger partial charge is 0.0571 e. The molecule has 0 bridgehead atoms. The van der Waals surface area contributed by atoms with E-state index in [1.165, 1.54) is 103 Å². The van der Waals surface area contributed by atoms with Crippen LogP contribution in [-0.2, 0) is 16.5 Å². The van der Waals surface area contributed by atoms with E-state index in [1.807, 2.05) is 0 Å². The molecule has 0 aromatic heterocycles. The van der Waals surface area contributed by atoms with Gasteiger partial charge >= 0.3 is 0 Å². The molecule has 0 spiro atoms. The van der Waals surface area contributed by atoms with Gasteiger partial charge in [0.15, 0.2) is 0 Å². The Balaban J connectivity index is -0.000000444. The summed E-state index contributed by atoms with van der Waals surface area (Å²) in [7, 11) is 0.135. The molecule has 0 aromatic carbocycles. The molecule has 0 fully saturated rings. The molecule has 0 aliphatic heterocycles. The van der Waals surface area contributed by atoms with Crippen LogP contribution >= 0.6 is 15.8 Å². The maximum absolute atomic E-state index is 2.32. The molecule has 214 valence electrons. The van der Waals surface area contributed by atoms with Crippen molar-refractivity contribution >= 4 is 15.8 Å². The van der Waals surface area contributed by atoms with Crippen LogP contribution in [-0.4, -0.2) is 37.0 Å². The van der Waals surface area contributed by atoms with Gasteiger partial charge in [0, 0.05) is 32.3 Å². The second kappa shape index (κ2) is 37.0. The molecule has 0 atom stereocenters. The van der Waals surface area contributed by atoms with Crippen molar-refractivity contribution in [1.82, 2.24) is 0 Å². The molecule has 0 saturated carbocycles. The zero-order valence-electron chi connectivity index (χ0n) is 25.2. The first-order valence-electron chi connectivity index (χ1n) is 15.7. The Hall–Kier alpha value is 0.834. The summed E-state index contributed by atoms with van der Waals surface area (Å²) in [6.07, 6.45) is 40.8. The van der Waals surface area contributed by atoms with Gasteiger partial charge in [-0.2, -0.15) is 0 Å². The summed E-state index contributed by atoms with van der Waals surface area (Å²) in [5, 5.41) is 0. The second-order valence-corrected chi connectivity index (χ2v) is 16.2. The molecule has 0 N–H and O–H groups in total. The standard InChI is InChI=1S/2C12H27P.C8H12.Ni/c2*1-4-7-10-13(11-8-5-2)12-9-6-3;1-2-4-6-8-7-5-3-1;/h2*4-12H2,1-3H3;1-2,7-8H,3-6H2;/p+2/b;;2-1-,8-7-;. The molecule has 0 aromatic rings. The van der Waals surface area contributed by atoms with E-state index in [0.29, 0.717) is 0 Å². The van der Waals surface area contributed by atoms with Gasteiger partial charge in [0.1, 0.15) is 0 Å². The Labute approximate surface area is 237 Å². The molecular formula is C32H68NiP2+2. The predicted molar refractivity (Wildman–Crippen MR) is 172 cm³/mol. The summed E-state index contributed by atoms with van der Waals surface area (Å²) in [6, 6.07) is 0. The topological polar surface area (TPSA) is 0 Å². The van der Waals surface area contributed by atoms with Crippen LogP contribution in [0.15, 0.2) is 24.3 Å². The quantitative estimate of drug-likeness (QED) is 0.0869. The first-order chi connectivity index (χ1) is 16.7. The van der Waals surface area contributed by atoms with E-state index in [1.54, 1.807) is 37.0 Å². The van der Waals surface area contributed by atoms with E-state index in [0.717, 1.165) is 0 Å². The van der Waals surface area contributed by atoms with E-state index < -0.39 is 0 Å². The van der Waals surface area contributed by atoms with Crippen LogP contribution in [0, 0.1) is 0 Å². The number of unbranched alkanes of at least 4 members (excludes halogenated alkanes) is 6. The van der Waals surface area contributed by atoms with E-state index in [2.05, 4.69) is 65.8 Å². The van der Waals surface area contributed by atoms with E-state index in [-0.39, 0.29) is 32.3 Å². The van der Waals surface area contributed by atoms with Crippen LogP contribution < -0.4 is 0 Å². The Morgan fingerprint density at radius 2 is 0.543 bits per heavy atom. The van der Waals surface area contributed by atoms with Crippen LogP contribution in [0.4, 0.5) is 0 Å². The number of hydrogen-bond donors (Lipinski definition) is 0. The van der Waals surface area contributed by atoms with Gasteiger partial charge in [0.2, 0.25) is 0 Å². The van der Waals surface area contributed by atoms with Gasteiger partial charge in [0.25, 0.3) is 0 Å². The molecule has 3 heteroatoms. The third-order valence-electron chi connectivity index (χ3n) is 6.64. The third-order valence-corrected chi connectivity index (χ3v) is 13.0. The van der Waals surface area contributed by atoms with Crippen LogP contribution in [0.5, 0.6) is 0 Å². The second-order valence-electron chi connectivity index (χ2n) is 10.2. The largest absolute Gasteiger partial charge is 0.0882 e. The number of rotatable bonds is 18. The van der Waals surface area contributed by atoms with Crippen molar-refractivity contribution in [1.29, 1.82) is 0 Å². The van der Waals surface area contributed by atoms with Gasteiger partial charge in [-0.3, -0.25) is 0 Å². The van der Waals surface area contributed by atoms with Crippen molar-refractivity contribution in [2.75, 3.05) is 37.0 Å². The minimum absolute atomic E-state index is 0. The average Bonchev–Trinajstić information content (AvgIpc) is 2.83. The van der Waals surface area contributed by atoms with Crippen molar-refractivity contribution in [3.05, 3.63) is 24.3 Å². The summed E-state index contributed by atoms with van der Waals surface area (Å²) >= 11 is 0. The number of allylic oxidation sites excluding steroid dienone is 4. The Morgan fingerprint density at radius 1 is 0.371 bits per heavy atom. The van der Waals surface area contributed by atoms with Gasteiger partial charge < -0.3 is 0 Å². The molecule has 35 heavy (non-hydrogen) atoms. The summed E-state index contributed by atoms with van der Waals surface area (Å²) in [4.78, 5) is 0. The summed E-state index contributed by atoms with van der Waals surface area (Å²) in [6.45, 7) is 13.9. The fourth-order valence-corrected chi connectivity index (χ4v) is 10.8. The fraction of sp³-hybridized carbons (Fsp3) is 0.875. The average molecular weight is 574 g/mol. The fourth-order valence-electron chi connectivity index (χ4n) is 4.17. The third kappa shape index (κ3) is 34.8. The maximum Gasteiger partial charge on any atom is 0.0571 e. The zero-order chi connectivity index (χ0) is 25.5. The zero-order valence-corrected chi connectivity index (χ0v) is 28.2. The molecule has 1 rings (SSSR count). The van der Waals surface area contributed by atoms with Crippen LogP contribution in [0.2, 0.25) is 0 Å².